The summed E-state index contributed by atoms with van der Waals surface area (Å²) in [7, 11) is -3.64. The number of nitrogens with one attached hydrogen (secondary N) is 1. The molecular weight excluding hydrogens is 280 g/mol. The smallest absolute Gasteiger partial charge is 0.301 e. The van der Waals surface area contributed by atoms with Crippen LogP contribution in [0.4, 0.5) is 0 Å². The fourth-order valence-corrected chi connectivity index (χ4v) is 3.64. The lowest BCUT2D eigenvalue weighted by molar-refractivity contribution is 0.0448. The number of sulfonamides is 1. The number of nitrogens with zero attached hydrogens (tertiary/aromatic N) is 1. The normalized spacial score (nSPS) is 34.8. The second kappa shape index (κ2) is 4.87. The molecule has 2 atom stereocenters. The van der Waals surface area contributed by atoms with Gasteiger partial charge >= 0.3 is 6.02 Å². The molecule has 0 unspecified atom stereocenters. The molecule has 0 bridgehead atoms. The van der Waals surface area contributed by atoms with Gasteiger partial charge in [0, 0.05) is 6.04 Å². The molecule has 2 aliphatic rings. The molecule has 7 heteroatoms. The molecule has 1 saturated carbocycles. The SMILES string of the molecule is CC1(C)OC(N[C@@H]2CCC[C@@H](O)C2)=NS(=O)(=O)C1(C)C. The van der Waals surface area contributed by atoms with Crippen LogP contribution in [0.25, 0.3) is 0 Å². The largest absolute Gasteiger partial charge is 0.457 e. The first-order chi connectivity index (χ1) is 9.05. The van der Waals surface area contributed by atoms with Crippen LogP contribution in [0.2, 0.25) is 0 Å². The highest BCUT2D eigenvalue weighted by Gasteiger charge is 2.53. The quantitative estimate of drug-likeness (QED) is 0.759. The highest BCUT2D eigenvalue weighted by atomic mass is 32.2. The monoisotopic (exact) mass is 304 g/mol. The Kier molecular flexibility index (Phi) is 3.79. The number of ether oxygens (including phenoxy) is 1. The summed E-state index contributed by atoms with van der Waals surface area (Å²) in [6.07, 6.45) is 2.83. The van der Waals surface area contributed by atoms with E-state index in [1.807, 2.05) is 0 Å². The molecule has 1 fully saturated rings. The third-order valence-corrected chi connectivity index (χ3v) is 6.81. The predicted molar refractivity (Wildman–Crippen MR) is 77.0 cm³/mol. The highest BCUT2D eigenvalue weighted by Crippen LogP contribution is 2.37. The first-order valence-electron chi connectivity index (χ1n) is 7.03. The summed E-state index contributed by atoms with van der Waals surface area (Å²) in [5.74, 6) is 0. The first kappa shape index (κ1) is 15.6. The molecule has 1 aliphatic heterocycles. The maximum atomic E-state index is 12.3. The van der Waals surface area contributed by atoms with Crippen molar-refractivity contribution >= 4 is 16.0 Å². The fraction of sp³-hybridized carbons (Fsp3) is 0.923. The van der Waals surface area contributed by atoms with Crippen LogP contribution in [0.3, 0.4) is 0 Å². The first-order valence-corrected chi connectivity index (χ1v) is 8.47. The molecule has 0 aromatic carbocycles. The van der Waals surface area contributed by atoms with Crippen LogP contribution in [-0.4, -0.2) is 42.0 Å². The van der Waals surface area contributed by atoms with Crippen molar-refractivity contribution in [3.63, 3.8) is 0 Å². The number of amidine groups is 1. The number of aliphatic hydroxyl groups is 1. The van der Waals surface area contributed by atoms with Crippen molar-refractivity contribution < 1.29 is 18.3 Å². The zero-order valence-corrected chi connectivity index (χ0v) is 13.3. The molecular formula is C13H24N2O4S. The van der Waals surface area contributed by atoms with E-state index < -0.39 is 20.4 Å². The third-order valence-electron chi connectivity index (χ3n) is 4.62. The summed E-state index contributed by atoms with van der Waals surface area (Å²) in [4.78, 5) is 0. The Balaban J connectivity index is 2.19. The van der Waals surface area contributed by atoms with Gasteiger partial charge in [-0.3, -0.25) is 0 Å². The molecule has 2 N–H and O–H groups in total. The van der Waals surface area contributed by atoms with Crippen LogP contribution >= 0.6 is 0 Å². The Morgan fingerprint density at radius 1 is 1.30 bits per heavy atom. The van der Waals surface area contributed by atoms with Crippen LogP contribution in [0.5, 0.6) is 0 Å². The van der Waals surface area contributed by atoms with Gasteiger partial charge in [-0.2, -0.15) is 0 Å². The van der Waals surface area contributed by atoms with Gasteiger partial charge < -0.3 is 15.2 Å². The predicted octanol–water partition coefficient (Wildman–Crippen LogP) is 1.15. The molecule has 6 nitrogen and oxygen atoms in total. The van der Waals surface area contributed by atoms with E-state index in [1.54, 1.807) is 27.7 Å². The van der Waals surface area contributed by atoms with Gasteiger partial charge in [-0.15, -0.1) is 4.40 Å². The van der Waals surface area contributed by atoms with Gasteiger partial charge in [0.2, 0.25) is 0 Å². The summed E-state index contributed by atoms with van der Waals surface area (Å²) in [6.45, 7) is 6.73. The molecule has 2 rings (SSSR count). The lowest BCUT2D eigenvalue weighted by atomic mass is 9.92. The topological polar surface area (TPSA) is 88.0 Å². The molecule has 0 aromatic heterocycles. The van der Waals surface area contributed by atoms with Gasteiger partial charge in [0.05, 0.1) is 6.10 Å². The summed E-state index contributed by atoms with van der Waals surface area (Å²) >= 11 is 0. The van der Waals surface area contributed by atoms with E-state index in [-0.39, 0.29) is 18.2 Å². The Bertz CT molecular complexity index is 510. The molecule has 0 amide bonds. The maximum Gasteiger partial charge on any atom is 0.301 e. The van der Waals surface area contributed by atoms with Crippen molar-refractivity contribution in [2.45, 2.75) is 75.9 Å². The number of hydrogen-bond acceptors (Lipinski definition) is 5. The minimum atomic E-state index is -3.64. The van der Waals surface area contributed by atoms with E-state index in [1.165, 1.54) is 0 Å². The minimum absolute atomic E-state index is 0.00436. The van der Waals surface area contributed by atoms with Crippen LogP contribution in [0.1, 0.15) is 53.4 Å². The lowest BCUT2D eigenvalue weighted by Gasteiger charge is -2.43. The van der Waals surface area contributed by atoms with Crippen LogP contribution in [0.15, 0.2) is 4.40 Å². The fourth-order valence-electron chi connectivity index (χ4n) is 2.44. The summed E-state index contributed by atoms with van der Waals surface area (Å²) in [5, 5.41) is 12.7. The van der Waals surface area contributed by atoms with Crippen LogP contribution in [-0.2, 0) is 14.8 Å². The van der Waals surface area contributed by atoms with Crippen molar-refractivity contribution in [2.24, 2.45) is 4.40 Å². The minimum Gasteiger partial charge on any atom is -0.457 e. The van der Waals surface area contributed by atoms with E-state index >= 15 is 0 Å². The average Bonchev–Trinajstić information content (AvgIpc) is 2.25. The molecule has 1 heterocycles. The van der Waals surface area contributed by atoms with Gasteiger partial charge in [-0.25, -0.2) is 8.42 Å². The van der Waals surface area contributed by atoms with Gasteiger partial charge in [0.1, 0.15) is 10.3 Å². The van der Waals surface area contributed by atoms with Crippen molar-refractivity contribution in [1.82, 2.24) is 5.32 Å². The Hall–Kier alpha value is -0.820. The van der Waals surface area contributed by atoms with E-state index in [2.05, 4.69) is 9.71 Å². The number of hydrogen-bond donors (Lipinski definition) is 2. The van der Waals surface area contributed by atoms with Crippen LogP contribution < -0.4 is 5.32 Å². The zero-order valence-electron chi connectivity index (χ0n) is 12.5. The Morgan fingerprint density at radius 3 is 2.50 bits per heavy atom. The second-order valence-electron chi connectivity index (χ2n) is 6.66. The number of aliphatic hydroxyl groups excluding tert-OH is 1. The molecule has 1 aliphatic carbocycles. The molecule has 0 radical (unpaired) electrons. The molecule has 116 valence electrons. The Labute approximate surface area is 120 Å². The highest BCUT2D eigenvalue weighted by molar-refractivity contribution is 7.91. The lowest BCUT2D eigenvalue weighted by Crippen LogP contribution is -2.59. The summed E-state index contributed by atoms with van der Waals surface area (Å²) in [5.41, 5.74) is -0.872. The molecule has 0 aromatic rings. The Morgan fingerprint density at radius 2 is 1.95 bits per heavy atom. The van der Waals surface area contributed by atoms with E-state index in [9.17, 15) is 13.5 Å². The summed E-state index contributed by atoms with van der Waals surface area (Å²) in [6, 6.07) is 0.0538. The van der Waals surface area contributed by atoms with Gasteiger partial charge in [-0.05, 0) is 53.4 Å². The van der Waals surface area contributed by atoms with Crippen molar-refractivity contribution in [3.05, 3.63) is 0 Å². The van der Waals surface area contributed by atoms with Gasteiger partial charge in [-0.1, -0.05) is 0 Å². The summed E-state index contributed by atoms with van der Waals surface area (Å²) < 4.78 is 33.0. The standard InChI is InChI=1S/C13H24N2O4S/c1-12(2)13(3,4)20(17,18)15-11(19-12)14-9-6-5-7-10(16)8-9/h9-10,16H,5-8H2,1-4H3,(H,14,15)/t9-,10-/m1/s1. The van der Waals surface area contributed by atoms with E-state index in [4.69, 9.17) is 4.74 Å². The third kappa shape index (κ3) is 2.65. The molecule has 0 saturated heterocycles. The van der Waals surface area contributed by atoms with E-state index in [0.717, 1.165) is 19.3 Å². The van der Waals surface area contributed by atoms with E-state index in [0.29, 0.717) is 6.42 Å². The van der Waals surface area contributed by atoms with Crippen molar-refractivity contribution in [2.75, 3.05) is 0 Å². The number of rotatable bonds is 1. The van der Waals surface area contributed by atoms with Crippen molar-refractivity contribution in [3.8, 4) is 0 Å². The van der Waals surface area contributed by atoms with Gasteiger partial charge in [0.15, 0.2) is 0 Å². The molecule has 20 heavy (non-hydrogen) atoms. The van der Waals surface area contributed by atoms with Crippen LogP contribution in [0, 0.1) is 0 Å². The van der Waals surface area contributed by atoms with Crippen molar-refractivity contribution in [1.29, 1.82) is 0 Å². The molecule has 0 spiro atoms. The zero-order chi connectivity index (χ0) is 15.2. The average molecular weight is 304 g/mol. The van der Waals surface area contributed by atoms with Gasteiger partial charge in [0.25, 0.3) is 10.0 Å². The second-order valence-corrected chi connectivity index (χ2v) is 8.81. The maximum absolute atomic E-state index is 12.3.